The molecule has 0 aliphatic carbocycles. The third kappa shape index (κ3) is 3.76. The third-order valence-corrected chi connectivity index (χ3v) is 4.31. The van der Waals surface area contributed by atoms with Crippen molar-refractivity contribution in [1.29, 1.82) is 0 Å². The second-order valence-corrected chi connectivity index (χ2v) is 6.06. The second-order valence-electron chi connectivity index (χ2n) is 4.01. The van der Waals surface area contributed by atoms with E-state index in [1.54, 1.807) is 7.11 Å². The average Bonchev–Trinajstić information content (AvgIpc) is 2.42. The van der Waals surface area contributed by atoms with Gasteiger partial charge in [0.15, 0.2) is 0 Å². The summed E-state index contributed by atoms with van der Waals surface area (Å²) in [5, 5.41) is 0. The van der Waals surface area contributed by atoms with E-state index in [-0.39, 0.29) is 0 Å². The zero-order chi connectivity index (χ0) is 12.8. The van der Waals surface area contributed by atoms with Crippen LogP contribution in [0.1, 0.15) is 11.1 Å². The number of ether oxygens (including phenoxy) is 1. The Morgan fingerprint density at radius 1 is 0.944 bits per heavy atom. The Kier molecular flexibility index (Phi) is 4.63. The molecule has 0 fully saturated rings. The number of aryl methyl sites for hydroxylation is 1. The molecular formula is C16H16OSe. The second kappa shape index (κ2) is 6.44. The van der Waals surface area contributed by atoms with Gasteiger partial charge in [-0.3, -0.25) is 0 Å². The Hall–Kier alpha value is -1.50. The van der Waals surface area contributed by atoms with Crippen molar-refractivity contribution in [2.45, 2.75) is 6.92 Å². The summed E-state index contributed by atoms with van der Waals surface area (Å²) in [5.41, 5.74) is 2.53. The number of benzene rings is 2. The fourth-order valence-electron chi connectivity index (χ4n) is 1.52. The molecule has 0 radical (unpaired) electrons. The van der Waals surface area contributed by atoms with Gasteiger partial charge in [-0.25, -0.2) is 0 Å². The molecule has 0 aromatic heterocycles. The maximum absolute atomic E-state index is 5.13. The van der Waals surface area contributed by atoms with Gasteiger partial charge in [-0.1, -0.05) is 0 Å². The molecule has 0 bridgehead atoms. The van der Waals surface area contributed by atoms with Crippen LogP contribution in [-0.2, 0) is 0 Å². The van der Waals surface area contributed by atoms with Crippen LogP contribution >= 0.6 is 0 Å². The summed E-state index contributed by atoms with van der Waals surface area (Å²) in [6.07, 6.45) is 2.17. The van der Waals surface area contributed by atoms with Crippen molar-refractivity contribution in [3.63, 3.8) is 0 Å². The van der Waals surface area contributed by atoms with E-state index in [9.17, 15) is 0 Å². The summed E-state index contributed by atoms with van der Waals surface area (Å²) in [7, 11) is 1.69. The topological polar surface area (TPSA) is 9.23 Å². The normalized spacial score (nSPS) is 10.8. The molecule has 1 nitrogen and oxygen atoms in total. The third-order valence-electron chi connectivity index (χ3n) is 2.60. The van der Waals surface area contributed by atoms with E-state index in [1.807, 2.05) is 12.1 Å². The molecule has 2 aromatic rings. The molecule has 0 saturated carbocycles. The zero-order valence-electron chi connectivity index (χ0n) is 10.6. The summed E-state index contributed by atoms with van der Waals surface area (Å²) in [6, 6.07) is 16.8. The van der Waals surface area contributed by atoms with Gasteiger partial charge in [-0.05, 0) is 0 Å². The van der Waals surface area contributed by atoms with Crippen molar-refractivity contribution >= 4 is 25.5 Å². The molecule has 0 heterocycles. The maximum atomic E-state index is 5.13. The first kappa shape index (κ1) is 12.9. The van der Waals surface area contributed by atoms with Crippen molar-refractivity contribution in [2.24, 2.45) is 0 Å². The Morgan fingerprint density at radius 3 is 2.22 bits per heavy atom. The fourth-order valence-corrected chi connectivity index (χ4v) is 2.94. The monoisotopic (exact) mass is 304 g/mol. The molecule has 2 rings (SSSR count). The van der Waals surface area contributed by atoms with E-state index < -0.39 is 0 Å². The molecule has 0 atom stereocenters. The molecule has 0 spiro atoms. The molecule has 0 saturated heterocycles. The first-order valence-corrected chi connectivity index (χ1v) is 7.66. The van der Waals surface area contributed by atoms with E-state index in [0.717, 1.165) is 5.75 Å². The minimum atomic E-state index is 0.396. The van der Waals surface area contributed by atoms with Crippen LogP contribution < -0.4 is 9.20 Å². The Balaban J connectivity index is 1.96. The molecule has 0 aliphatic rings. The molecular weight excluding hydrogens is 287 g/mol. The molecule has 2 aromatic carbocycles. The van der Waals surface area contributed by atoms with E-state index in [1.165, 1.54) is 15.6 Å². The summed E-state index contributed by atoms with van der Waals surface area (Å²) in [6.45, 7) is 2.12. The van der Waals surface area contributed by atoms with Gasteiger partial charge in [0.1, 0.15) is 0 Å². The number of rotatable bonds is 4. The van der Waals surface area contributed by atoms with Crippen molar-refractivity contribution in [2.75, 3.05) is 7.11 Å². The predicted octanol–water partition coefficient (Wildman–Crippen LogP) is 3.00. The molecule has 18 heavy (non-hydrogen) atoms. The molecule has 92 valence electrons. The molecule has 0 unspecified atom stereocenters. The number of hydrogen-bond acceptors (Lipinski definition) is 1. The minimum absolute atomic E-state index is 0.396. The summed E-state index contributed by atoms with van der Waals surface area (Å²) >= 11 is 0.396. The number of hydrogen-bond donors (Lipinski definition) is 0. The van der Waals surface area contributed by atoms with Crippen LogP contribution in [-0.4, -0.2) is 22.1 Å². The standard InChI is InChI=1S/C16H16OSe/c1-13-3-9-16(10-4-13)18-12-11-14-5-7-15(17-2)8-6-14/h3-12H,1-2H3/b12-11+. The van der Waals surface area contributed by atoms with Crippen molar-refractivity contribution in [3.05, 3.63) is 64.6 Å². The molecule has 0 amide bonds. The van der Waals surface area contributed by atoms with Crippen LogP contribution in [0.2, 0.25) is 0 Å². The van der Waals surface area contributed by atoms with Gasteiger partial charge in [0.05, 0.1) is 0 Å². The Morgan fingerprint density at radius 2 is 1.61 bits per heavy atom. The SMILES string of the molecule is COc1ccc(/C=C/[Se]c2ccc(C)cc2)cc1. The zero-order valence-corrected chi connectivity index (χ0v) is 12.3. The molecule has 0 aliphatic heterocycles. The van der Waals surface area contributed by atoms with Gasteiger partial charge in [-0.2, -0.15) is 0 Å². The number of methoxy groups -OCH3 is 1. The van der Waals surface area contributed by atoms with Crippen LogP contribution in [0.4, 0.5) is 0 Å². The van der Waals surface area contributed by atoms with Crippen molar-refractivity contribution in [1.82, 2.24) is 0 Å². The average molecular weight is 303 g/mol. The molecule has 2 heteroatoms. The molecule has 0 N–H and O–H groups in total. The predicted molar refractivity (Wildman–Crippen MR) is 78.6 cm³/mol. The first-order chi connectivity index (χ1) is 8.78. The van der Waals surface area contributed by atoms with Crippen molar-refractivity contribution in [3.8, 4) is 5.75 Å². The van der Waals surface area contributed by atoms with Crippen LogP contribution in [0.5, 0.6) is 5.75 Å². The fraction of sp³-hybridized carbons (Fsp3) is 0.125. The van der Waals surface area contributed by atoms with E-state index in [0.29, 0.717) is 15.0 Å². The first-order valence-electron chi connectivity index (χ1n) is 5.82. The summed E-state index contributed by atoms with van der Waals surface area (Å²) < 4.78 is 6.53. The van der Waals surface area contributed by atoms with Crippen LogP contribution in [0.25, 0.3) is 6.08 Å². The van der Waals surface area contributed by atoms with Gasteiger partial charge < -0.3 is 0 Å². The van der Waals surface area contributed by atoms with Crippen LogP contribution in [0, 0.1) is 6.92 Å². The Bertz CT molecular complexity index is 512. The van der Waals surface area contributed by atoms with Gasteiger partial charge in [0.25, 0.3) is 0 Å². The van der Waals surface area contributed by atoms with Gasteiger partial charge in [0, 0.05) is 0 Å². The Labute approximate surface area is 115 Å². The summed E-state index contributed by atoms with van der Waals surface area (Å²) in [4.78, 5) is 2.25. The van der Waals surface area contributed by atoms with E-state index in [2.05, 4.69) is 54.4 Å². The summed E-state index contributed by atoms with van der Waals surface area (Å²) in [5.74, 6) is 0.899. The van der Waals surface area contributed by atoms with E-state index in [4.69, 9.17) is 4.74 Å². The van der Waals surface area contributed by atoms with Crippen LogP contribution in [0.3, 0.4) is 0 Å². The van der Waals surface area contributed by atoms with Crippen LogP contribution in [0.15, 0.2) is 53.5 Å². The van der Waals surface area contributed by atoms with Crippen molar-refractivity contribution < 1.29 is 4.74 Å². The van der Waals surface area contributed by atoms with Gasteiger partial charge in [0.2, 0.25) is 0 Å². The van der Waals surface area contributed by atoms with Gasteiger partial charge in [-0.15, -0.1) is 0 Å². The van der Waals surface area contributed by atoms with E-state index >= 15 is 0 Å². The van der Waals surface area contributed by atoms with Gasteiger partial charge >= 0.3 is 115 Å². The quantitative estimate of drug-likeness (QED) is 0.789.